The number of hydrogen-bond donors (Lipinski definition) is 1. The van der Waals surface area contributed by atoms with E-state index in [2.05, 4.69) is 25.6 Å². The van der Waals surface area contributed by atoms with Crippen molar-refractivity contribution in [2.24, 2.45) is 0 Å². The predicted molar refractivity (Wildman–Crippen MR) is 96.4 cm³/mol. The van der Waals surface area contributed by atoms with Crippen LogP contribution in [-0.4, -0.2) is 13.4 Å². The molecule has 1 heterocycles. The summed E-state index contributed by atoms with van der Waals surface area (Å²) in [5, 5.41) is 0. The minimum absolute atomic E-state index is 0.203. The number of rotatable bonds is 4. The lowest BCUT2D eigenvalue weighted by Crippen LogP contribution is -2.14. The molecule has 0 radical (unpaired) electrons. The van der Waals surface area contributed by atoms with Crippen LogP contribution >= 0.6 is 15.9 Å². The molecule has 0 amide bonds. The molecular formula is C17H15BrN2O3S. The third-order valence-electron chi connectivity index (χ3n) is 3.46. The minimum atomic E-state index is -3.72. The molecule has 0 atom stereocenters. The number of nitrogens with zero attached hydrogens (tertiary/aromatic N) is 1. The van der Waals surface area contributed by atoms with Crippen molar-refractivity contribution in [3.63, 3.8) is 0 Å². The molecule has 0 aliphatic rings. The Labute approximate surface area is 148 Å². The predicted octanol–water partition coefficient (Wildman–Crippen LogP) is 4.52. The Hall–Kier alpha value is -2.12. The molecule has 24 heavy (non-hydrogen) atoms. The molecule has 124 valence electrons. The van der Waals surface area contributed by atoms with E-state index in [-0.39, 0.29) is 4.90 Å². The van der Waals surface area contributed by atoms with Crippen molar-refractivity contribution in [3.8, 4) is 11.3 Å². The van der Waals surface area contributed by atoms with Crippen molar-refractivity contribution in [3.05, 3.63) is 64.6 Å². The van der Waals surface area contributed by atoms with Crippen LogP contribution < -0.4 is 4.72 Å². The lowest BCUT2D eigenvalue weighted by Gasteiger charge is -2.11. The van der Waals surface area contributed by atoms with Gasteiger partial charge in [0.2, 0.25) is 0 Å². The van der Waals surface area contributed by atoms with Crippen LogP contribution in [0.5, 0.6) is 0 Å². The Bertz CT molecular complexity index is 997. The fourth-order valence-corrected chi connectivity index (χ4v) is 4.02. The standard InChI is InChI=1S/C17H15BrN2O3S/c1-11-6-7-13(16-10-19-12(2)23-16)8-17(11)24(21,22)20-15-5-3-4-14(18)9-15/h3-10,20H,1-2H3. The molecule has 7 heteroatoms. The molecule has 0 aliphatic heterocycles. The van der Waals surface area contributed by atoms with E-state index in [1.807, 2.05) is 12.1 Å². The smallest absolute Gasteiger partial charge is 0.262 e. The van der Waals surface area contributed by atoms with Crippen LogP contribution in [0.15, 0.2) is 62.4 Å². The summed E-state index contributed by atoms with van der Waals surface area (Å²) in [5.74, 6) is 1.06. The van der Waals surface area contributed by atoms with Crippen LogP contribution in [0.1, 0.15) is 11.5 Å². The fourth-order valence-electron chi connectivity index (χ4n) is 2.30. The van der Waals surface area contributed by atoms with Gasteiger partial charge in [0.05, 0.1) is 11.1 Å². The third-order valence-corrected chi connectivity index (χ3v) is 5.48. The first-order valence-electron chi connectivity index (χ1n) is 7.17. The SMILES string of the molecule is Cc1ncc(-c2ccc(C)c(S(=O)(=O)Nc3cccc(Br)c3)c2)o1. The third kappa shape index (κ3) is 3.52. The molecule has 0 saturated heterocycles. The van der Waals surface area contributed by atoms with Crippen LogP contribution in [0.25, 0.3) is 11.3 Å². The Balaban J connectivity index is 2.01. The maximum Gasteiger partial charge on any atom is 0.262 e. The van der Waals surface area contributed by atoms with Gasteiger partial charge in [-0.1, -0.05) is 34.1 Å². The van der Waals surface area contributed by atoms with Crippen LogP contribution in [0.4, 0.5) is 5.69 Å². The number of anilines is 1. The molecule has 1 aromatic heterocycles. The summed E-state index contributed by atoms with van der Waals surface area (Å²) in [6.45, 7) is 3.50. The van der Waals surface area contributed by atoms with Crippen molar-refractivity contribution >= 4 is 31.6 Å². The highest BCUT2D eigenvalue weighted by Gasteiger charge is 2.19. The largest absolute Gasteiger partial charge is 0.441 e. The average molecular weight is 407 g/mol. The maximum atomic E-state index is 12.7. The molecule has 3 rings (SSSR count). The first kappa shape index (κ1) is 16.7. The number of benzene rings is 2. The van der Waals surface area contributed by atoms with Gasteiger partial charge in [0.15, 0.2) is 11.7 Å². The normalized spacial score (nSPS) is 11.5. The van der Waals surface area contributed by atoms with Crippen LogP contribution in [0.2, 0.25) is 0 Å². The van der Waals surface area contributed by atoms with Gasteiger partial charge in [0.1, 0.15) is 0 Å². The monoisotopic (exact) mass is 406 g/mol. The molecule has 0 fully saturated rings. The minimum Gasteiger partial charge on any atom is -0.441 e. The van der Waals surface area contributed by atoms with Gasteiger partial charge in [-0.25, -0.2) is 13.4 Å². The molecule has 5 nitrogen and oxygen atoms in total. The second kappa shape index (κ2) is 6.41. The summed E-state index contributed by atoms with van der Waals surface area (Å²) in [6.07, 6.45) is 1.58. The molecule has 0 spiro atoms. The molecule has 2 aromatic carbocycles. The number of hydrogen-bond acceptors (Lipinski definition) is 4. The van der Waals surface area contributed by atoms with E-state index in [1.54, 1.807) is 50.4 Å². The molecule has 0 unspecified atom stereocenters. The molecule has 0 bridgehead atoms. The number of aromatic nitrogens is 1. The molecule has 0 saturated carbocycles. The highest BCUT2D eigenvalue weighted by atomic mass is 79.9. The van der Waals surface area contributed by atoms with Gasteiger partial charge >= 0.3 is 0 Å². The molecule has 1 N–H and O–H groups in total. The number of aryl methyl sites for hydroxylation is 2. The van der Waals surface area contributed by atoms with Gasteiger partial charge in [-0.15, -0.1) is 0 Å². The summed E-state index contributed by atoms with van der Waals surface area (Å²) in [7, 11) is -3.72. The zero-order valence-corrected chi connectivity index (χ0v) is 15.5. The van der Waals surface area contributed by atoms with Crippen molar-refractivity contribution < 1.29 is 12.8 Å². The second-order valence-corrected chi connectivity index (χ2v) is 7.91. The average Bonchev–Trinajstić information content (AvgIpc) is 2.93. The summed E-state index contributed by atoms with van der Waals surface area (Å²) in [6, 6.07) is 12.2. The van der Waals surface area contributed by atoms with Gasteiger partial charge in [-0.2, -0.15) is 0 Å². The van der Waals surface area contributed by atoms with Gasteiger partial charge in [-0.3, -0.25) is 4.72 Å². The number of nitrogens with one attached hydrogen (secondary N) is 1. The summed E-state index contributed by atoms with van der Waals surface area (Å²) in [5.41, 5.74) is 1.80. The number of oxazole rings is 1. The number of sulfonamides is 1. The quantitative estimate of drug-likeness (QED) is 0.690. The highest BCUT2D eigenvalue weighted by molar-refractivity contribution is 9.10. The Morgan fingerprint density at radius 1 is 1.12 bits per heavy atom. The molecular weight excluding hydrogens is 392 g/mol. The maximum absolute atomic E-state index is 12.7. The molecule has 0 aliphatic carbocycles. The zero-order valence-electron chi connectivity index (χ0n) is 13.1. The van der Waals surface area contributed by atoms with Crippen LogP contribution in [0.3, 0.4) is 0 Å². The van der Waals surface area contributed by atoms with Gasteiger partial charge in [0.25, 0.3) is 10.0 Å². The number of halogens is 1. The van der Waals surface area contributed by atoms with Crippen molar-refractivity contribution in [1.29, 1.82) is 0 Å². The lowest BCUT2D eigenvalue weighted by molar-refractivity contribution is 0.534. The summed E-state index contributed by atoms with van der Waals surface area (Å²) >= 11 is 3.33. The van der Waals surface area contributed by atoms with Gasteiger partial charge in [0, 0.05) is 22.6 Å². The van der Waals surface area contributed by atoms with Crippen LogP contribution in [0, 0.1) is 13.8 Å². The Morgan fingerprint density at radius 3 is 2.58 bits per heavy atom. The van der Waals surface area contributed by atoms with E-state index in [4.69, 9.17) is 4.42 Å². The van der Waals surface area contributed by atoms with Crippen molar-refractivity contribution in [2.75, 3.05) is 4.72 Å². The van der Waals surface area contributed by atoms with Gasteiger partial charge < -0.3 is 4.42 Å². The Morgan fingerprint density at radius 2 is 1.92 bits per heavy atom. The van der Waals surface area contributed by atoms with E-state index in [1.165, 1.54) is 0 Å². The van der Waals surface area contributed by atoms with Crippen molar-refractivity contribution in [2.45, 2.75) is 18.7 Å². The van der Waals surface area contributed by atoms with E-state index < -0.39 is 10.0 Å². The molecule has 3 aromatic rings. The highest BCUT2D eigenvalue weighted by Crippen LogP contribution is 2.27. The lowest BCUT2D eigenvalue weighted by atomic mass is 10.1. The zero-order chi connectivity index (χ0) is 17.3. The van der Waals surface area contributed by atoms with E-state index in [9.17, 15) is 8.42 Å². The van der Waals surface area contributed by atoms with Gasteiger partial charge in [-0.05, 0) is 36.8 Å². The first-order chi connectivity index (χ1) is 11.3. The van der Waals surface area contributed by atoms with E-state index in [0.29, 0.717) is 28.5 Å². The van der Waals surface area contributed by atoms with E-state index >= 15 is 0 Å². The summed E-state index contributed by atoms with van der Waals surface area (Å²) < 4.78 is 34.4. The second-order valence-electron chi connectivity index (χ2n) is 5.34. The fraction of sp³-hybridized carbons (Fsp3) is 0.118. The topological polar surface area (TPSA) is 72.2 Å². The van der Waals surface area contributed by atoms with Crippen molar-refractivity contribution in [1.82, 2.24) is 4.98 Å². The van der Waals surface area contributed by atoms with E-state index in [0.717, 1.165) is 4.47 Å². The first-order valence-corrected chi connectivity index (χ1v) is 9.44. The van der Waals surface area contributed by atoms with Crippen LogP contribution in [-0.2, 0) is 10.0 Å². The summed E-state index contributed by atoms with van der Waals surface area (Å²) in [4.78, 5) is 4.25. The Kier molecular flexibility index (Phi) is 4.47.